The van der Waals surface area contributed by atoms with Gasteiger partial charge in [-0.3, -0.25) is 0 Å². The van der Waals surface area contributed by atoms with Crippen LogP contribution < -0.4 is 10.5 Å². The lowest BCUT2D eigenvalue weighted by atomic mass is 10.1. The van der Waals surface area contributed by atoms with Crippen LogP contribution in [-0.4, -0.2) is 0 Å². The van der Waals surface area contributed by atoms with Crippen molar-refractivity contribution in [1.82, 2.24) is 0 Å². The van der Waals surface area contributed by atoms with Gasteiger partial charge in [0.05, 0.1) is 0 Å². The zero-order chi connectivity index (χ0) is 11.4. The van der Waals surface area contributed by atoms with Gasteiger partial charge in [-0.05, 0) is 36.2 Å². The van der Waals surface area contributed by atoms with Crippen LogP contribution in [0.3, 0.4) is 0 Å². The first-order chi connectivity index (χ1) is 7.79. The normalized spacial score (nSPS) is 10.1. The third-order valence-electron chi connectivity index (χ3n) is 2.46. The van der Waals surface area contributed by atoms with Crippen LogP contribution in [0.4, 0.5) is 0 Å². The molecule has 2 aromatic rings. The number of para-hydroxylation sites is 1. The van der Waals surface area contributed by atoms with E-state index in [0.717, 1.165) is 22.6 Å². The van der Waals surface area contributed by atoms with Gasteiger partial charge in [-0.1, -0.05) is 30.3 Å². The van der Waals surface area contributed by atoms with Crippen molar-refractivity contribution < 1.29 is 4.74 Å². The minimum absolute atomic E-state index is 0.533. The van der Waals surface area contributed by atoms with Crippen molar-refractivity contribution in [2.24, 2.45) is 5.73 Å². The van der Waals surface area contributed by atoms with Crippen molar-refractivity contribution in [2.45, 2.75) is 13.5 Å². The van der Waals surface area contributed by atoms with Gasteiger partial charge in [0, 0.05) is 6.54 Å². The summed E-state index contributed by atoms with van der Waals surface area (Å²) < 4.78 is 5.80. The third-order valence-corrected chi connectivity index (χ3v) is 2.46. The van der Waals surface area contributed by atoms with Gasteiger partial charge in [0.15, 0.2) is 0 Å². The fourth-order valence-electron chi connectivity index (χ4n) is 1.50. The first-order valence-corrected chi connectivity index (χ1v) is 5.32. The molecule has 0 fully saturated rings. The molecule has 0 amide bonds. The van der Waals surface area contributed by atoms with Crippen LogP contribution in [0, 0.1) is 6.92 Å². The molecule has 0 saturated heterocycles. The molecule has 0 atom stereocenters. The van der Waals surface area contributed by atoms with E-state index in [1.165, 1.54) is 0 Å². The summed E-state index contributed by atoms with van der Waals surface area (Å²) in [5, 5.41) is 0. The molecule has 0 aromatic heterocycles. The number of rotatable bonds is 3. The maximum absolute atomic E-state index is 5.80. The first-order valence-electron chi connectivity index (χ1n) is 5.32. The highest BCUT2D eigenvalue weighted by Crippen LogP contribution is 2.25. The molecule has 2 rings (SSSR count). The second kappa shape index (κ2) is 4.81. The molecular weight excluding hydrogens is 198 g/mol. The Labute approximate surface area is 95.7 Å². The molecule has 2 aromatic carbocycles. The van der Waals surface area contributed by atoms with E-state index in [0.29, 0.717) is 6.54 Å². The molecule has 0 spiro atoms. The summed E-state index contributed by atoms with van der Waals surface area (Å²) in [5.41, 5.74) is 7.80. The molecule has 16 heavy (non-hydrogen) atoms. The quantitative estimate of drug-likeness (QED) is 0.849. The molecule has 0 unspecified atom stereocenters. The van der Waals surface area contributed by atoms with Crippen LogP contribution in [0.1, 0.15) is 11.1 Å². The highest BCUT2D eigenvalue weighted by atomic mass is 16.5. The Balaban J connectivity index is 2.27. The van der Waals surface area contributed by atoms with Gasteiger partial charge < -0.3 is 10.5 Å². The maximum Gasteiger partial charge on any atom is 0.130 e. The SMILES string of the molecule is Cc1ccc(CN)cc1Oc1ccccc1. The highest BCUT2D eigenvalue weighted by molar-refractivity contribution is 5.39. The average Bonchev–Trinajstić information content (AvgIpc) is 2.33. The molecule has 0 aliphatic rings. The van der Waals surface area contributed by atoms with Gasteiger partial charge >= 0.3 is 0 Å². The predicted molar refractivity (Wildman–Crippen MR) is 65.6 cm³/mol. The van der Waals surface area contributed by atoms with Crippen molar-refractivity contribution in [2.75, 3.05) is 0 Å². The van der Waals surface area contributed by atoms with E-state index < -0.39 is 0 Å². The molecule has 2 nitrogen and oxygen atoms in total. The van der Waals surface area contributed by atoms with Crippen molar-refractivity contribution in [3.63, 3.8) is 0 Å². The molecule has 0 radical (unpaired) electrons. The minimum Gasteiger partial charge on any atom is -0.457 e. The third kappa shape index (κ3) is 2.41. The summed E-state index contributed by atoms with van der Waals surface area (Å²) >= 11 is 0. The predicted octanol–water partition coefficient (Wildman–Crippen LogP) is 3.25. The lowest BCUT2D eigenvalue weighted by molar-refractivity contribution is 0.478. The Morgan fingerprint density at radius 1 is 1.06 bits per heavy atom. The van der Waals surface area contributed by atoms with Crippen LogP contribution in [0.25, 0.3) is 0 Å². The van der Waals surface area contributed by atoms with Crippen LogP contribution in [0.2, 0.25) is 0 Å². The number of hydrogen-bond acceptors (Lipinski definition) is 2. The van der Waals surface area contributed by atoms with Crippen molar-refractivity contribution >= 4 is 0 Å². The minimum atomic E-state index is 0.533. The summed E-state index contributed by atoms with van der Waals surface area (Å²) in [7, 11) is 0. The molecule has 0 saturated carbocycles. The van der Waals surface area contributed by atoms with Crippen LogP contribution in [0.5, 0.6) is 11.5 Å². The molecular formula is C14H15NO. The molecule has 0 aliphatic heterocycles. The molecule has 2 N–H and O–H groups in total. The molecule has 0 aliphatic carbocycles. The van der Waals surface area contributed by atoms with E-state index in [1.54, 1.807) is 0 Å². The van der Waals surface area contributed by atoms with Crippen molar-refractivity contribution in [3.05, 3.63) is 59.7 Å². The number of benzene rings is 2. The number of hydrogen-bond donors (Lipinski definition) is 1. The van der Waals surface area contributed by atoms with E-state index >= 15 is 0 Å². The summed E-state index contributed by atoms with van der Waals surface area (Å²) in [4.78, 5) is 0. The second-order valence-corrected chi connectivity index (χ2v) is 3.72. The van der Waals surface area contributed by atoms with Gasteiger partial charge in [-0.25, -0.2) is 0 Å². The van der Waals surface area contributed by atoms with Crippen LogP contribution >= 0.6 is 0 Å². The first kappa shape index (κ1) is 10.7. The fourth-order valence-corrected chi connectivity index (χ4v) is 1.50. The number of aryl methyl sites for hydroxylation is 1. The molecule has 0 bridgehead atoms. The Hall–Kier alpha value is -1.80. The van der Waals surface area contributed by atoms with Crippen LogP contribution in [-0.2, 0) is 6.54 Å². The summed E-state index contributed by atoms with van der Waals surface area (Å²) in [6.45, 7) is 2.56. The number of ether oxygens (including phenoxy) is 1. The van der Waals surface area contributed by atoms with E-state index in [2.05, 4.69) is 0 Å². The summed E-state index contributed by atoms with van der Waals surface area (Å²) in [6.07, 6.45) is 0. The van der Waals surface area contributed by atoms with E-state index in [-0.39, 0.29) is 0 Å². The standard InChI is InChI=1S/C14H15NO/c1-11-7-8-12(10-15)9-14(11)16-13-5-3-2-4-6-13/h2-9H,10,15H2,1H3. The Bertz CT molecular complexity index is 465. The zero-order valence-electron chi connectivity index (χ0n) is 9.31. The monoisotopic (exact) mass is 213 g/mol. The summed E-state index contributed by atoms with van der Waals surface area (Å²) in [5.74, 6) is 1.72. The molecule has 82 valence electrons. The van der Waals surface area contributed by atoms with Gasteiger partial charge in [-0.15, -0.1) is 0 Å². The average molecular weight is 213 g/mol. The van der Waals surface area contributed by atoms with E-state index in [9.17, 15) is 0 Å². The van der Waals surface area contributed by atoms with E-state index in [1.807, 2.05) is 55.5 Å². The Morgan fingerprint density at radius 2 is 1.81 bits per heavy atom. The topological polar surface area (TPSA) is 35.2 Å². The lowest BCUT2D eigenvalue weighted by Gasteiger charge is -2.09. The van der Waals surface area contributed by atoms with Gasteiger partial charge in [0.1, 0.15) is 11.5 Å². The molecule has 0 heterocycles. The highest BCUT2D eigenvalue weighted by Gasteiger charge is 2.02. The number of nitrogens with two attached hydrogens (primary N) is 1. The van der Waals surface area contributed by atoms with Gasteiger partial charge in [0.25, 0.3) is 0 Å². The summed E-state index contributed by atoms with van der Waals surface area (Å²) in [6, 6.07) is 15.8. The largest absolute Gasteiger partial charge is 0.457 e. The maximum atomic E-state index is 5.80. The van der Waals surface area contributed by atoms with Crippen LogP contribution in [0.15, 0.2) is 48.5 Å². The van der Waals surface area contributed by atoms with E-state index in [4.69, 9.17) is 10.5 Å². The smallest absolute Gasteiger partial charge is 0.130 e. The van der Waals surface area contributed by atoms with Gasteiger partial charge in [0.2, 0.25) is 0 Å². The molecule has 2 heteroatoms. The Kier molecular flexibility index (Phi) is 3.22. The van der Waals surface area contributed by atoms with Gasteiger partial charge in [-0.2, -0.15) is 0 Å². The second-order valence-electron chi connectivity index (χ2n) is 3.72. The fraction of sp³-hybridized carbons (Fsp3) is 0.143. The zero-order valence-corrected chi connectivity index (χ0v) is 9.31. The Morgan fingerprint density at radius 3 is 2.50 bits per heavy atom. The van der Waals surface area contributed by atoms with Crippen molar-refractivity contribution in [3.8, 4) is 11.5 Å². The van der Waals surface area contributed by atoms with Crippen molar-refractivity contribution in [1.29, 1.82) is 0 Å². The lowest BCUT2D eigenvalue weighted by Crippen LogP contribution is -1.97.